The van der Waals surface area contributed by atoms with Crippen LogP contribution in [0.1, 0.15) is 29.0 Å². The van der Waals surface area contributed by atoms with Gasteiger partial charge in [-0.2, -0.15) is 5.26 Å². The van der Waals surface area contributed by atoms with E-state index in [-0.39, 0.29) is 5.91 Å². The number of aromatic nitrogens is 1. The Balaban J connectivity index is 2.44. The topological polar surface area (TPSA) is 65.8 Å². The van der Waals surface area contributed by atoms with Gasteiger partial charge in [-0.15, -0.1) is 0 Å². The van der Waals surface area contributed by atoms with Crippen molar-refractivity contribution in [3.05, 3.63) is 29.6 Å². The van der Waals surface area contributed by atoms with Gasteiger partial charge in [0, 0.05) is 18.7 Å². The lowest BCUT2D eigenvalue weighted by Crippen LogP contribution is -2.25. The summed E-state index contributed by atoms with van der Waals surface area (Å²) in [5.74, 6) is -0.184. The fourth-order valence-electron chi connectivity index (χ4n) is 1.13. The summed E-state index contributed by atoms with van der Waals surface area (Å²) < 4.78 is 0. The summed E-state index contributed by atoms with van der Waals surface area (Å²) >= 11 is 0. The number of amides is 1. The van der Waals surface area contributed by atoms with Gasteiger partial charge in [-0.25, -0.2) is 4.98 Å². The van der Waals surface area contributed by atoms with E-state index in [4.69, 9.17) is 5.26 Å². The maximum Gasteiger partial charge on any atom is 0.269 e. The summed E-state index contributed by atoms with van der Waals surface area (Å²) in [6.07, 6.45) is 1.13. The normalized spacial score (nSPS) is 9.33. The van der Waals surface area contributed by atoms with Crippen molar-refractivity contribution in [3.63, 3.8) is 0 Å². The molecular formula is C11H13N3O. The molecule has 0 radical (unpaired) electrons. The lowest BCUT2D eigenvalue weighted by molar-refractivity contribution is 0.0948. The zero-order valence-corrected chi connectivity index (χ0v) is 8.66. The van der Waals surface area contributed by atoms with Gasteiger partial charge < -0.3 is 5.32 Å². The Hall–Kier alpha value is -1.89. The molecule has 0 atom stereocenters. The van der Waals surface area contributed by atoms with E-state index in [1.165, 1.54) is 0 Å². The second-order valence-electron chi connectivity index (χ2n) is 3.18. The highest BCUT2D eigenvalue weighted by molar-refractivity contribution is 5.92. The summed E-state index contributed by atoms with van der Waals surface area (Å²) in [6, 6.07) is 7.33. The quantitative estimate of drug-likeness (QED) is 0.752. The van der Waals surface area contributed by atoms with Gasteiger partial charge in [0.25, 0.3) is 5.91 Å². The summed E-state index contributed by atoms with van der Waals surface area (Å²) in [7, 11) is 0. The highest BCUT2D eigenvalue weighted by Crippen LogP contribution is 1.97. The summed E-state index contributed by atoms with van der Waals surface area (Å²) in [4.78, 5) is 15.6. The molecule has 0 saturated heterocycles. The smallest absolute Gasteiger partial charge is 0.269 e. The zero-order valence-electron chi connectivity index (χ0n) is 8.66. The fourth-order valence-corrected chi connectivity index (χ4v) is 1.13. The monoisotopic (exact) mass is 203 g/mol. The van der Waals surface area contributed by atoms with Crippen molar-refractivity contribution >= 4 is 5.91 Å². The lowest BCUT2D eigenvalue weighted by atomic mass is 10.3. The fraction of sp³-hybridized carbons (Fsp3) is 0.364. The van der Waals surface area contributed by atoms with E-state index in [0.717, 1.165) is 5.69 Å². The third-order valence-corrected chi connectivity index (χ3v) is 1.87. The number of carbonyl (C=O) groups is 1. The molecule has 1 aromatic rings. The standard InChI is InChI=1S/C11H13N3O/c1-9-5-4-6-10(14-9)11(15)13-8-3-2-7-12/h4-6H,2-3,8H2,1H3,(H,13,15). The number of carbonyl (C=O) groups excluding carboxylic acids is 1. The van der Waals surface area contributed by atoms with Crippen LogP contribution in [0, 0.1) is 18.3 Å². The van der Waals surface area contributed by atoms with Gasteiger partial charge in [0.1, 0.15) is 5.69 Å². The Morgan fingerprint density at radius 2 is 2.40 bits per heavy atom. The number of nitrogens with one attached hydrogen (secondary N) is 1. The van der Waals surface area contributed by atoms with Crippen LogP contribution in [0.15, 0.2) is 18.2 Å². The first-order valence-electron chi connectivity index (χ1n) is 4.83. The maximum absolute atomic E-state index is 11.5. The zero-order chi connectivity index (χ0) is 11.1. The number of hydrogen-bond donors (Lipinski definition) is 1. The van der Waals surface area contributed by atoms with Crippen LogP contribution >= 0.6 is 0 Å². The van der Waals surface area contributed by atoms with Crippen molar-refractivity contribution in [2.24, 2.45) is 0 Å². The van der Waals surface area contributed by atoms with Crippen LogP contribution in [0.2, 0.25) is 0 Å². The van der Waals surface area contributed by atoms with Gasteiger partial charge in [0.2, 0.25) is 0 Å². The van der Waals surface area contributed by atoms with Crippen LogP contribution < -0.4 is 5.32 Å². The predicted molar refractivity (Wildman–Crippen MR) is 56.2 cm³/mol. The maximum atomic E-state index is 11.5. The molecular weight excluding hydrogens is 190 g/mol. The van der Waals surface area contributed by atoms with Gasteiger partial charge >= 0.3 is 0 Å². The van der Waals surface area contributed by atoms with Crippen LogP contribution in [0.5, 0.6) is 0 Å². The molecule has 0 fully saturated rings. The largest absolute Gasteiger partial charge is 0.351 e. The van der Waals surface area contributed by atoms with Gasteiger partial charge in [-0.05, 0) is 25.5 Å². The van der Waals surface area contributed by atoms with Gasteiger partial charge in [-0.3, -0.25) is 4.79 Å². The van der Waals surface area contributed by atoms with Crippen molar-refractivity contribution in [2.75, 3.05) is 6.54 Å². The molecule has 0 aliphatic heterocycles. The van der Waals surface area contributed by atoms with Crippen LogP contribution in [0.25, 0.3) is 0 Å². The predicted octanol–water partition coefficient (Wildman–Crippen LogP) is 1.42. The average molecular weight is 203 g/mol. The molecule has 78 valence electrons. The van der Waals surface area contributed by atoms with Gasteiger partial charge in [-0.1, -0.05) is 6.07 Å². The van der Waals surface area contributed by atoms with Crippen LogP contribution in [0.4, 0.5) is 0 Å². The molecule has 4 nitrogen and oxygen atoms in total. The molecule has 1 aromatic heterocycles. The molecule has 0 aromatic carbocycles. The van der Waals surface area contributed by atoms with Gasteiger partial charge in [0.15, 0.2) is 0 Å². The van der Waals surface area contributed by atoms with E-state index in [1.54, 1.807) is 12.1 Å². The Kier molecular flexibility index (Phi) is 4.30. The molecule has 15 heavy (non-hydrogen) atoms. The van der Waals surface area contributed by atoms with Gasteiger partial charge in [0.05, 0.1) is 6.07 Å². The Labute approximate surface area is 88.9 Å². The molecule has 0 aliphatic carbocycles. The number of unbranched alkanes of at least 4 members (excludes halogenated alkanes) is 1. The highest BCUT2D eigenvalue weighted by atomic mass is 16.1. The molecule has 1 rings (SSSR count). The van der Waals surface area contributed by atoms with Crippen molar-refractivity contribution < 1.29 is 4.79 Å². The molecule has 1 N–H and O–H groups in total. The molecule has 0 spiro atoms. The van der Waals surface area contributed by atoms with Crippen LogP contribution in [-0.4, -0.2) is 17.4 Å². The molecule has 1 amide bonds. The number of rotatable bonds is 4. The number of nitriles is 1. The second-order valence-corrected chi connectivity index (χ2v) is 3.18. The van der Waals surface area contributed by atoms with E-state index in [0.29, 0.717) is 25.1 Å². The third kappa shape index (κ3) is 3.77. The molecule has 0 unspecified atom stereocenters. The second kappa shape index (κ2) is 5.76. The van der Waals surface area contributed by atoms with Crippen LogP contribution in [0.3, 0.4) is 0 Å². The minimum absolute atomic E-state index is 0.184. The SMILES string of the molecule is Cc1cccc(C(=O)NCCCC#N)n1. The first kappa shape index (κ1) is 11.2. The summed E-state index contributed by atoms with van der Waals surface area (Å²) in [5, 5.41) is 11.0. The number of pyridine rings is 1. The van der Waals surface area contributed by atoms with Crippen molar-refractivity contribution in [3.8, 4) is 6.07 Å². The van der Waals surface area contributed by atoms with E-state index < -0.39 is 0 Å². The van der Waals surface area contributed by atoms with Crippen molar-refractivity contribution in [1.29, 1.82) is 5.26 Å². The minimum atomic E-state index is -0.184. The molecule has 1 heterocycles. The van der Waals surface area contributed by atoms with Crippen LogP contribution in [-0.2, 0) is 0 Å². The first-order valence-corrected chi connectivity index (χ1v) is 4.83. The Morgan fingerprint density at radius 1 is 1.60 bits per heavy atom. The van der Waals surface area contributed by atoms with Crippen molar-refractivity contribution in [1.82, 2.24) is 10.3 Å². The number of nitrogens with zero attached hydrogens (tertiary/aromatic N) is 2. The molecule has 0 bridgehead atoms. The van der Waals surface area contributed by atoms with E-state index >= 15 is 0 Å². The molecule has 4 heteroatoms. The Morgan fingerprint density at radius 3 is 3.07 bits per heavy atom. The third-order valence-electron chi connectivity index (χ3n) is 1.87. The average Bonchev–Trinajstić information content (AvgIpc) is 2.24. The first-order chi connectivity index (χ1) is 7.24. The highest BCUT2D eigenvalue weighted by Gasteiger charge is 2.05. The summed E-state index contributed by atoms with van der Waals surface area (Å²) in [6.45, 7) is 2.36. The van der Waals surface area contributed by atoms with Crippen molar-refractivity contribution in [2.45, 2.75) is 19.8 Å². The Bertz CT molecular complexity index is 382. The summed E-state index contributed by atoms with van der Waals surface area (Å²) in [5.41, 5.74) is 1.24. The molecule has 0 saturated carbocycles. The molecule has 0 aliphatic rings. The number of aryl methyl sites for hydroxylation is 1. The van der Waals surface area contributed by atoms with E-state index in [9.17, 15) is 4.79 Å². The van der Waals surface area contributed by atoms with E-state index in [2.05, 4.69) is 10.3 Å². The lowest BCUT2D eigenvalue weighted by Gasteiger charge is -2.03. The number of hydrogen-bond acceptors (Lipinski definition) is 3. The minimum Gasteiger partial charge on any atom is -0.351 e. The van der Waals surface area contributed by atoms with E-state index in [1.807, 2.05) is 19.1 Å².